The third kappa shape index (κ3) is 4.21. The smallest absolute Gasteiger partial charge is 0.238 e. The molecule has 0 bridgehead atoms. The molecular weight excluding hydrogens is 282 g/mol. The van der Waals surface area contributed by atoms with Crippen LogP contribution in [0.3, 0.4) is 0 Å². The van der Waals surface area contributed by atoms with Crippen molar-refractivity contribution in [3.8, 4) is 5.75 Å². The van der Waals surface area contributed by atoms with E-state index in [2.05, 4.69) is 10.6 Å². The number of rotatable bonds is 5. The van der Waals surface area contributed by atoms with Crippen molar-refractivity contribution in [2.24, 2.45) is 11.7 Å². The summed E-state index contributed by atoms with van der Waals surface area (Å²) in [4.78, 5) is 23.6. The summed E-state index contributed by atoms with van der Waals surface area (Å²) in [6.07, 6.45) is 5.32. The van der Waals surface area contributed by atoms with E-state index in [1.54, 1.807) is 18.2 Å². The van der Waals surface area contributed by atoms with Gasteiger partial charge in [0.05, 0.1) is 19.3 Å². The summed E-state index contributed by atoms with van der Waals surface area (Å²) in [6.45, 7) is -0.0809. The molecule has 2 rings (SSSR count). The van der Waals surface area contributed by atoms with E-state index in [9.17, 15) is 9.59 Å². The van der Waals surface area contributed by atoms with Crippen molar-refractivity contribution in [3.63, 3.8) is 0 Å². The normalized spacial score (nSPS) is 15.2. The highest BCUT2D eigenvalue weighted by Crippen LogP contribution is 2.30. The summed E-state index contributed by atoms with van der Waals surface area (Å²) in [5, 5.41) is 5.58. The summed E-state index contributed by atoms with van der Waals surface area (Å²) >= 11 is 0. The fourth-order valence-corrected chi connectivity index (χ4v) is 2.68. The zero-order valence-corrected chi connectivity index (χ0v) is 12.9. The first-order valence-corrected chi connectivity index (χ1v) is 7.63. The Bertz CT molecular complexity index is 539. The molecule has 1 aliphatic carbocycles. The molecule has 1 fully saturated rings. The second kappa shape index (κ2) is 7.79. The maximum Gasteiger partial charge on any atom is 0.238 e. The van der Waals surface area contributed by atoms with Gasteiger partial charge in [0.15, 0.2) is 0 Å². The van der Waals surface area contributed by atoms with Crippen LogP contribution >= 0.6 is 0 Å². The first kappa shape index (κ1) is 16.3. The van der Waals surface area contributed by atoms with Gasteiger partial charge in [0, 0.05) is 17.7 Å². The highest BCUT2D eigenvalue weighted by molar-refractivity contribution is 5.96. The molecule has 0 saturated heterocycles. The van der Waals surface area contributed by atoms with E-state index >= 15 is 0 Å². The third-order valence-corrected chi connectivity index (χ3v) is 3.90. The standard InChI is InChI=1S/C16H23N3O3/c1-22-14-9-12(18-15(20)10-17)7-8-13(14)19-16(21)11-5-3-2-4-6-11/h7-9,11H,2-6,10,17H2,1H3,(H,18,20)(H,19,21). The van der Waals surface area contributed by atoms with Crippen LogP contribution in [0.4, 0.5) is 11.4 Å². The van der Waals surface area contributed by atoms with Crippen molar-refractivity contribution in [3.05, 3.63) is 18.2 Å². The number of benzene rings is 1. The van der Waals surface area contributed by atoms with Crippen LogP contribution in [0.15, 0.2) is 18.2 Å². The van der Waals surface area contributed by atoms with Crippen LogP contribution in [0, 0.1) is 5.92 Å². The molecule has 0 spiro atoms. The number of nitrogens with two attached hydrogens (primary N) is 1. The second-order valence-corrected chi connectivity index (χ2v) is 5.49. The average molecular weight is 305 g/mol. The molecule has 4 N–H and O–H groups in total. The minimum atomic E-state index is -0.277. The van der Waals surface area contributed by atoms with Gasteiger partial charge in [0.2, 0.25) is 11.8 Å². The van der Waals surface area contributed by atoms with E-state index in [4.69, 9.17) is 10.5 Å². The van der Waals surface area contributed by atoms with Crippen LogP contribution in [0.1, 0.15) is 32.1 Å². The van der Waals surface area contributed by atoms with Crippen molar-refractivity contribution in [1.29, 1.82) is 0 Å². The first-order chi connectivity index (χ1) is 10.6. The number of hydrogen-bond donors (Lipinski definition) is 3. The predicted octanol–water partition coefficient (Wildman–Crippen LogP) is 2.11. The van der Waals surface area contributed by atoms with Gasteiger partial charge in [-0.3, -0.25) is 9.59 Å². The molecule has 1 aromatic carbocycles. The molecule has 1 aliphatic rings. The van der Waals surface area contributed by atoms with Gasteiger partial charge in [0.25, 0.3) is 0 Å². The molecule has 22 heavy (non-hydrogen) atoms. The van der Waals surface area contributed by atoms with E-state index in [0.29, 0.717) is 17.1 Å². The number of hydrogen-bond acceptors (Lipinski definition) is 4. The Balaban J connectivity index is 2.06. The van der Waals surface area contributed by atoms with Crippen LogP contribution in [0.2, 0.25) is 0 Å². The molecule has 0 aromatic heterocycles. The summed E-state index contributed by atoms with van der Waals surface area (Å²) in [7, 11) is 1.53. The molecule has 1 aromatic rings. The number of amides is 2. The van der Waals surface area contributed by atoms with E-state index in [1.165, 1.54) is 13.5 Å². The minimum absolute atomic E-state index is 0.0387. The maximum atomic E-state index is 12.3. The lowest BCUT2D eigenvalue weighted by molar-refractivity contribution is -0.120. The van der Waals surface area contributed by atoms with Gasteiger partial charge in [-0.05, 0) is 25.0 Å². The molecule has 120 valence electrons. The lowest BCUT2D eigenvalue weighted by atomic mass is 9.88. The number of carbonyl (C=O) groups is 2. The van der Waals surface area contributed by atoms with Crippen molar-refractivity contribution in [2.75, 3.05) is 24.3 Å². The van der Waals surface area contributed by atoms with Gasteiger partial charge >= 0.3 is 0 Å². The Labute approximate surface area is 130 Å². The lowest BCUT2D eigenvalue weighted by Crippen LogP contribution is -2.25. The van der Waals surface area contributed by atoms with Gasteiger partial charge in [-0.25, -0.2) is 0 Å². The van der Waals surface area contributed by atoms with Crippen molar-refractivity contribution < 1.29 is 14.3 Å². The molecule has 6 nitrogen and oxygen atoms in total. The molecule has 0 aliphatic heterocycles. The first-order valence-electron chi connectivity index (χ1n) is 7.63. The summed E-state index contributed by atoms with van der Waals surface area (Å²) < 4.78 is 5.29. The molecule has 2 amide bonds. The van der Waals surface area contributed by atoms with Crippen LogP contribution in [0.5, 0.6) is 5.75 Å². The van der Waals surface area contributed by atoms with Crippen molar-refractivity contribution in [1.82, 2.24) is 0 Å². The van der Waals surface area contributed by atoms with Crippen LogP contribution in [-0.4, -0.2) is 25.5 Å². The van der Waals surface area contributed by atoms with Crippen LogP contribution in [0.25, 0.3) is 0 Å². The number of methoxy groups -OCH3 is 1. The van der Waals surface area contributed by atoms with E-state index < -0.39 is 0 Å². The third-order valence-electron chi connectivity index (χ3n) is 3.90. The highest BCUT2D eigenvalue weighted by Gasteiger charge is 2.22. The number of anilines is 2. The number of nitrogens with one attached hydrogen (secondary N) is 2. The predicted molar refractivity (Wildman–Crippen MR) is 85.9 cm³/mol. The average Bonchev–Trinajstić information content (AvgIpc) is 2.56. The molecule has 1 saturated carbocycles. The number of carbonyl (C=O) groups excluding carboxylic acids is 2. The van der Waals surface area contributed by atoms with Gasteiger partial charge < -0.3 is 21.1 Å². The zero-order chi connectivity index (χ0) is 15.9. The van der Waals surface area contributed by atoms with Gasteiger partial charge in [0.1, 0.15) is 5.75 Å². The van der Waals surface area contributed by atoms with Crippen molar-refractivity contribution in [2.45, 2.75) is 32.1 Å². The Morgan fingerprint density at radius 2 is 1.95 bits per heavy atom. The topological polar surface area (TPSA) is 93.4 Å². The largest absolute Gasteiger partial charge is 0.494 e. The van der Waals surface area contributed by atoms with Gasteiger partial charge in [-0.15, -0.1) is 0 Å². The van der Waals surface area contributed by atoms with E-state index in [1.807, 2.05) is 0 Å². The highest BCUT2D eigenvalue weighted by atomic mass is 16.5. The molecule has 0 atom stereocenters. The monoisotopic (exact) mass is 305 g/mol. The summed E-state index contributed by atoms with van der Waals surface area (Å²) in [5.74, 6) is 0.354. The molecule has 6 heteroatoms. The van der Waals surface area contributed by atoms with Gasteiger partial charge in [-0.1, -0.05) is 19.3 Å². The fraction of sp³-hybridized carbons (Fsp3) is 0.500. The zero-order valence-electron chi connectivity index (χ0n) is 12.9. The second-order valence-electron chi connectivity index (χ2n) is 5.49. The fourth-order valence-electron chi connectivity index (χ4n) is 2.68. The minimum Gasteiger partial charge on any atom is -0.494 e. The SMILES string of the molecule is COc1cc(NC(=O)CN)ccc1NC(=O)C1CCCCC1. The molecule has 0 radical (unpaired) electrons. The van der Waals surface area contributed by atoms with Crippen LogP contribution in [-0.2, 0) is 9.59 Å². The lowest BCUT2D eigenvalue weighted by Gasteiger charge is -2.21. The quantitative estimate of drug-likeness (QED) is 0.776. The Kier molecular flexibility index (Phi) is 5.77. The molecule has 0 heterocycles. The Morgan fingerprint density at radius 3 is 2.59 bits per heavy atom. The van der Waals surface area contributed by atoms with E-state index in [0.717, 1.165) is 25.7 Å². The maximum absolute atomic E-state index is 12.3. The molecular formula is C16H23N3O3. The molecule has 0 unspecified atom stereocenters. The Hall–Kier alpha value is -2.08. The summed E-state index contributed by atoms with van der Waals surface area (Å²) in [5.41, 5.74) is 6.47. The van der Waals surface area contributed by atoms with Crippen molar-refractivity contribution >= 4 is 23.2 Å². The number of ether oxygens (including phenoxy) is 1. The van der Waals surface area contributed by atoms with Gasteiger partial charge in [-0.2, -0.15) is 0 Å². The Morgan fingerprint density at radius 1 is 1.23 bits per heavy atom. The van der Waals surface area contributed by atoms with E-state index in [-0.39, 0.29) is 24.3 Å². The van der Waals surface area contributed by atoms with Crippen LogP contribution < -0.4 is 21.1 Å². The summed E-state index contributed by atoms with van der Waals surface area (Å²) in [6, 6.07) is 5.11.